The summed E-state index contributed by atoms with van der Waals surface area (Å²) in [4.78, 5) is 6.49. The summed E-state index contributed by atoms with van der Waals surface area (Å²) in [5, 5.41) is 4.68. The van der Waals surface area contributed by atoms with E-state index in [0.717, 1.165) is 17.1 Å². The van der Waals surface area contributed by atoms with E-state index in [0.29, 0.717) is 24.3 Å². The highest BCUT2D eigenvalue weighted by Crippen LogP contribution is 2.15. The molecular weight excluding hydrogens is 276 g/mol. The zero-order chi connectivity index (χ0) is 14.5. The molecule has 1 aromatic carbocycles. The van der Waals surface area contributed by atoms with E-state index in [9.17, 15) is 0 Å². The molecule has 108 valence electrons. The Morgan fingerprint density at radius 3 is 2.75 bits per heavy atom. The molecular formula is C14H19ClN4O. The largest absolute Gasteiger partial charge is 0.338 e. The van der Waals surface area contributed by atoms with Crippen molar-refractivity contribution in [1.82, 2.24) is 15.0 Å². The fraction of sp³-hybridized carbons (Fsp3) is 0.429. The van der Waals surface area contributed by atoms with E-state index in [1.54, 1.807) is 0 Å². The van der Waals surface area contributed by atoms with Gasteiger partial charge in [-0.2, -0.15) is 4.98 Å². The van der Waals surface area contributed by atoms with Gasteiger partial charge in [0.1, 0.15) is 0 Å². The van der Waals surface area contributed by atoms with Crippen molar-refractivity contribution in [3.05, 3.63) is 46.6 Å². The van der Waals surface area contributed by atoms with Crippen LogP contribution < -0.4 is 5.73 Å². The van der Waals surface area contributed by atoms with Crippen molar-refractivity contribution in [2.45, 2.75) is 39.5 Å². The zero-order valence-electron chi connectivity index (χ0n) is 11.7. The third-order valence-corrected chi connectivity index (χ3v) is 3.27. The molecule has 1 aromatic heterocycles. The number of aromatic nitrogens is 2. The smallest absolute Gasteiger partial charge is 0.240 e. The van der Waals surface area contributed by atoms with Crippen LogP contribution in [0.5, 0.6) is 0 Å². The Morgan fingerprint density at radius 1 is 1.35 bits per heavy atom. The molecule has 0 bridgehead atoms. The van der Waals surface area contributed by atoms with E-state index in [-0.39, 0.29) is 6.54 Å². The lowest BCUT2D eigenvalue weighted by atomic mass is 10.2. The molecule has 2 rings (SSSR count). The van der Waals surface area contributed by atoms with Gasteiger partial charge < -0.3 is 10.3 Å². The Balaban J connectivity index is 2.07. The number of nitrogens with two attached hydrogens (primary N) is 1. The molecule has 6 heteroatoms. The van der Waals surface area contributed by atoms with Crippen LogP contribution in [-0.2, 0) is 19.6 Å². The minimum atomic E-state index is 0.267. The van der Waals surface area contributed by atoms with Crippen LogP contribution in [0.3, 0.4) is 0 Å². The van der Waals surface area contributed by atoms with Gasteiger partial charge in [-0.05, 0) is 31.5 Å². The first kappa shape index (κ1) is 15.0. The fourth-order valence-electron chi connectivity index (χ4n) is 1.91. The molecule has 0 unspecified atom stereocenters. The normalized spacial score (nSPS) is 11.5. The number of rotatable bonds is 6. The van der Waals surface area contributed by atoms with Crippen molar-refractivity contribution in [3.8, 4) is 0 Å². The van der Waals surface area contributed by atoms with Crippen LogP contribution in [0.2, 0.25) is 5.02 Å². The molecule has 0 aliphatic heterocycles. The standard InChI is InChI=1S/C14H19ClN4O/c1-10(2)19(8-11-4-3-5-12(15)6-11)9-13-17-14(7-16)20-18-13/h3-6,10H,7-9,16H2,1-2H3. The fourth-order valence-corrected chi connectivity index (χ4v) is 2.12. The van der Waals surface area contributed by atoms with Crippen LogP contribution in [0.1, 0.15) is 31.1 Å². The van der Waals surface area contributed by atoms with E-state index < -0.39 is 0 Å². The molecule has 0 spiro atoms. The van der Waals surface area contributed by atoms with E-state index >= 15 is 0 Å². The highest BCUT2D eigenvalue weighted by atomic mass is 35.5. The minimum absolute atomic E-state index is 0.267. The summed E-state index contributed by atoms with van der Waals surface area (Å²) in [6, 6.07) is 8.21. The van der Waals surface area contributed by atoms with Gasteiger partial charge in [0.2, 0.25) is 5.89 Å². The lowest BCUT2D eigenvalue weighted by molar-refractivity contribution is 0.196. The topological polar surface area (TPSA) is 68.2 Å². The van der Waals surface area contributed by atoms with Crippen LogP contribution in [0.4, 0.5) is 0 Å². The molecule has 0 aliphatic rings. The molecule has 2 aromatic rings. The molecule has 0 radical (unpaired) electrons. The molecule has 0 amide bonds. The van der Waals surface area contributed by atoms with Crippen LogP contribution >= 0.6 is 11.6 Å². The number of hydrogen-bond acceptors (Lipinski definition) is 5. The first-order chi connectivity index (χ1) is 9.58. The Morgan fingerprint density at radius 2 is 2.15 bits per heavy atom. The molecule has 1 heterocycles. The minimum Gasteiger partial charge on any atom is -0.338 e. The van der Waals surface area contributed by atoms with Gasteiger partial charge in [-0.3, -0.25) is 4.90 Å². The molecule has 2 N–H and O–H groups in total. The van der Waals surface area contributed by atoms with E-state index in [1.165, 1.54) is 0 Å². The predicted octanol–water partition coefficient (Wildman–Crippen LogP) is 2.59. The summed E-state index contributed by atoms with van der Waals surface area (Å²) in [5.41, 5.74) is 6.63. The maximum absolute atomic E-state index is 6.02. The van der Waals surface area contributed by atoms with Crippen molar-refractivity contribution < 1.29 is 4.52 Å². The molecule has 20 heavy (non-hydrogen) atoms. The van der Waals surface area contributed by atoms with E-state index in [2.05, 4.69) is 35.0 Å². The van der Waals surface area contributed by atoms with Gasteiger partial charge in [0.15, 0.2) is 5.82 Å². The maximum Gasteiger partial charge on any atom is 0.240 e. The Kier molecular flexibility index (Phi) is 5.11. The number of nitrogens with zero attached hydrogens (tertiary/aromatic N) is 3. The average Bonchev–Trinajstić information content (AvgIpc) is 2.85. The van der Waals surface area contributed by atoms with Crippen LogP contribution in [0.25, 0.3) is 0 Å². The van der Waals surface area contributed by atoms with Gasteiger partial charge in [0.25, 0.3) is 0 Å². The summed E-state index contributed by atoms with van der Waals surface area (Å²) < 4.78 is 5.03. The van der Waals surface area contributed by atoms with E-state index in [4.69, 9.17) is 21.9 Å². The number of hydrogen-bond donors (Lipinski definition) is 1. The van der Waals surface area contributed by atoms with Crippen LogP contribution in [0.15, 0.2) is 28.8 Å². The molecule has 0 saturated carbocycles. The second-order valence-electron chi connectivity index (χ2n) is 4.94. The Labute approximate surface area is 123 Å². The summed E-state index contributed by atoms with van der Waals surface area (Å²) in [6.07, 6.45) is 0. The average molecular weight is 295 g/mol. The van der Waals surface area contributed by atoms with Crippen molar-refractivity contribution >= 4 is 11.6 Å². The lowest BCUT2D eigenvalue weighted by Gasteiger charge is -2.25. The molecule has 0 atom stereocenters. The molecule has 5 nitrogen and oxygen atoms in total. The van der Waals surface area contributed by atoms with Crippen LogP contribution in [-0.4, -0.2) is 21.1 Å². The number of halogens is 1. The van der Waals surface area contributed by atoms with Gasteiger partial charge >= 0.3 is 0 Å². The van der Waals surface area contributed by atoms with Crippen molar-refractivity contribution in [2.75, 3.05) is 0 Å². The highest BCUT2D eigenvalue weighted by Gasteiger charge is 2.14. The summed E-state index contributed by atoms with van der Waals surface area (Å²) in [7, 11) is 0. The third-order valence-electron chi connectivity index (χ3n) is 3.03. The van der Waals surface area contributed by atoms with Gasteiger partial charge in [-0.1, -0.05) is 28.9 Å². The van der Waals surface area contributed by atoms with Crippen LogP contribution in [0, 0.1) is 0 Å². The molecule has 0 aliphatic carbocycles. The summed E-state index contributed by atoms with van der Waals surface area (Å²) in [6.45, 7) is 5.93. The SMILES string of the molecule is CC(C)N(Cc1cccc(Cl)c1)Cc1noc(CN)n1. The summed E-state index contributed by atoms with van der Waals surface area (Å²) in [5.74, 6) is 1.12. The lowest BCUT2D eigenvalue weighted by Crippen LogP contribution is -2.30. The highest BCUT2D eigenvalue weighted by molar-refractivity contribution is 6.30. The van der Waals surface area contributed by atoms with E-state index in [1.807, 2.05) is 18.2 Å². The van der Waals surface area contributed by atoms with Gasteiger partial charge in [0, 0.05) is 17.6 Å². The summed E-state index contributed by atoms with van der Waals surface area (Å²) >= 11 is 6.02. The Bertz CT molecular complexity index is 556. The monoisotopic (exact) mass is 294 g/mol. The van der Waals surface area contributed by atoms with Crippen molar-refractivity contribution in [3.63, 3.8) is 0 Å². The molecule has 0 saturated heterocycles. The quantitative estimate of drug-likeness (QED) is 0.887. The molecule has 0 fully saturated rings. The van der Waals surface area contributed by atoms with Gasteiger partial charge in [-0.15, -0.1) is 0 Å². The first-order valence-corrected chi connectivity index (χ1v) is 6.96. The first-order valence-electron chi connectivity index (χ1n) is 6.58. The van der Waals surface area contributed by atoms with Gasteiger partial charge in [0.05, 0.1) is 13.1 Å². The van der Waals surface area contributed by atoms with Crippen molar-refractivity contribution in [1.29, 1.82) is 0 Å². The second kappa shape index (κ2) is 6.83. The second-order valence-corrected chi connectivity index (χ2v) is 5.37. The zero-order valence-corrected chi connectivity index (χ0v) is 12.5. The predicted molar refractivity (Wildman–Crippen MR) is 78.0 cm³/mol. The third kappa shape index (κ3) is 4.03. The number of benzene rings is 1. The maximum atomic E-state index is 6.02. The van der Waals surface area contributed by atoms with Crippen molar-refractivity contribution in [2.24, 2.45) is 5.73 Å². The van der Waals surface area contributed by atoms with Gasteiger partial charge in [-0.25, -0.2) is 0 Å². The Hall–Kier alpha value is -1.43.